The molecule has 5 rings (SSSR count). The summed E-state index contributed by atoms with van der Waals surface area (Å²) in [4.78, 5) is 0. The number of hydrogen-bond donors (Lipinski definition) is 0. The molecular formula is C26H22. The van der Waals surface area contributed by atoms with Gasteiger partial charge in [-0.2, -0.15) is 0 Å². The zero-order chi connectivity index (χ0) is 17.5. The van der Waals surface area contributed by atoms with Gasteiger partial charge >= 0.3 is 0 Å². The van der Waals surface area contributed by atoms with Crippen molar-refractivity contribution >= 4 is 27.6 Å². The molecule has 0 amide bonds. The average Bonchev–Trinajstić information content (AvgIpc) is 3.10. The summed E-state index contributed by atoms with van der Waals surface area (Å²) in [5, 5.41) is 5.35. The standard InChI is InChI=1S/C26H22/c1-2-8-18-15-19-10-7-14-24(25(19)16-18)26-17-20-9-3-4-11-21(20)22-12-5-6-13-23(22)26/h3-7,9-15,17H,2,8,16H2,1H3. The zero-order valence-electron chi connectivity index (χ0n) is 15.1. The molecule has 0 heteroatoms. The van der Waals surface area contributed by atoms with Crippen LogP contribution in [-0.4, -0.2) is 0 Å². The topological polar surface area (TPSA) is 0 Å². The third kappa shape index (κ3) is 2.37. The summed E-state index contributed by atoms with van der Waals surface area (Å²) in [5.41, 5.74) is 7.23. The number of rotatable bonds is 3. The van der Waals surface area contributed by atoms with Crippen molar-refractivity contribution in [1.82, 2.24) is 0 Å². The minimum Gasteiger partial charge on any atom is -0.0652 e. The van der Waals surface area contributed by atoms with E-state index in [4.69, 9.17) is 0 Å². The first-order chi connectivity index (χ1) is 12.8. The number of allylic oxidation sites excluding steroid dienone is 1. The summed E-state index contributed by atoms with van der Waals surface area (Å²) >= 11 is 0. The van der Waals surface area contributed by atoms with Gasteiger partial charge in [-0.3, -0.25) is 0 Å². The highest BCUT2D eigenvalue weighted by atomic mass is 14.2. The first-order valence-electron chi connectivity index (χ1n) is 9.57. The normalized spacial score (nSPS) is 13.2. The monoisotopic (exact) mass is 334 g/mol. The molecule has 1 aliphatic carbocycles. The minimum absolute atomic E-state index is 1.10. The van der Waals surface area contributed by atoms with Crippen LogP contribution in [0.15, 0.2) is 78.4 Å². The molecule has 26 heavy (non-hydrogen) atoms. The Bertz CT molecular complexity index is 1160. The van der Waals surface area contributed by atoms with Crippen molar-refractivity contribution in [3.05, 3.63) is 89.5 Å². The molecule has 1 aliphatic rings. The fourth-order valence-corrected chi connectivity index (χ4v) is 4.45. The van der Waals surface area contributed by atoms with Crippen molar-refractivity contribution in [2.45, 2.75) is 26.2 Å². The highest BCUT2D eigenvalue weighted by molar-refractivity contribution is 6.14. The van der Waals surface area contributed by atoms with Crippen molar-refractivity contribution in [3.63, 3.8) is 0 Å². The quantitative estimate of drug-likeness (QED) is 0.342. The lowest BCUT2D eigenvalue weighted by Gasteiger charge is -2.14. The predicted octanol–water partition coefficient (Wildman–Crippen LogP) is 7.40. The zero-order valence-corrected chi connectivity index (χ0v) is 15.1. The average molecular weight is 334 g/mol. The fraction of sp³-hybridized carbons (Fsp3) is 0.154. The van der Waals surface area contributed by atoms with E-state index in [0.717, 1.165) is 6.42 Å². The predicted molar refractivity (Wildman–Crippen MR) is 113 cm³/mol. The van der Waals surface area contributed by atoms with Gasteiger partial charge in [0, 0.05) is 0 Å². The lowest BCUT2D eigenvalue weighted by Crippen LogP contribution is -1.92. The molecule has 126 valence electrons. The van der Waals surface area contributed by atoms with Gasteiger partial charge in [-0.15, -0.1) is 0 Å². The molecule has 0 saturated carbocycles. The fourth-order valence-electron chi connectivity index (χ4n) is 4.45. The van der Waals surface area contributed by atoms with Crippen molar-refractivity contribution in [3.8, 4) is 11.1 Å². The van der Waals surface area contributed by atoms with E-state index in [1.807, 2.05) is 0 Å². The maximum absolute atomic E-state index is 2.41. The molecule has 0 bridgehead atoms. The van der Waals surface area contributed by atoms with E-state index in [9.17, 15) is 0 Å². The Kier molecular flexibility index (Phi) is 3.64. The van der Waals surface area contributed by atoms with E-state index in [-0.39, 0.29) is 0 Å². The molecule has 0 aromatic heterocycles. The van der Waals surface area contributed by atoms with E-state index >= 15 is 0 Å². The third-order valence-electron chi connectivity index (χ3n) is 5.61. The SMILES string of the molecule is CCCC1=Cc2cccc(-c3cc4ccccc4c4ccccc34)c2C1. The van der Waals surface area contributed by atoms with Gasteiger partial charge in [0.05, 0.1) is 0 Å². The lowest BCUT2D eigenvalue weighted by molar-refractivity contribution is 0.887. The van der Waals surface area contributed by atoms with Crippen LogP contribution >= 0.6 is 0 Å². The second-order valence-corrected chi connectivity index (χ2v) is 7.29. The number of fused-ring (bicyclic) bond motifs is 4. The van der Waals surface area contributed by atoms with Crippen LogP contribution in [0.1, 0.15) is 30.9 Å². The number of benzene rings is 4. The van der Waals surface area contributed by atoms with Gasteiger partial charge in [0.25, 0.3) is 0 Å². The smallest absolute Gasteiger partial charge is 0.00517 e. The van der Waals surface area contributed by atoms with Crippen LogP contribution in [0, 0.1) is 0 Å². The van der Waals surface area contributed by atoms with E-state index < -0.39 is 0 Å². The minimum atomic E-state index is 1.10. The van der Waals surface area contributed by atoms with Crippen LogP contribution in [-0.2, 0) is 6.42 Å². The van der Waals surface area contributed by atoms with Crippen LogP contribution in [0.5, 0.6) is 0 Å². The van der Waals surface area contributed by atoms with Gasteiger partial charge < -0.3 is 0 Å². The maximum atomic E-state index is 2.41. The molecule has 0 atom stereocenters. The second-order valence-electron chi connectivity index (χ2n) is 7.29. The second kappa shape index (κ2) is 6.14. The summed E-state index contributed by atoms with van der Waals surface area (Å²) in [6.07, 6.45) is 5.92. The lowest BCUT2D eigenvalue weighted by atomic mass is 9.89. The van der Waals surface area contributed by atoms with Crippen LogP contribution in [0.2, 0.25) is 0 Å². The first-order valence-corrected chi connectivity index (χ1v) is 9.57. The molecule has 0 saturated heterocycles. The van der Waals surface area contributed by atoms with Crippen molar-refractivity contribution in [1.29, 1.82) is 0 Å². The van der Waals surface area contributed by atoms with Crippen LogP contribution in [0.4, 0.5) is 0 Å². The molecule has 0 fully saturated rings. The molecule has 0 spiro atoms. The van der Waals surface area contributed by atoms with Gasteiger partial charge in [-0.05, 0) is 62.7 Å². The van der Waals surface area contributed by atoms with Gasteiger partial charge in [0.2, 0.25) is 0 Å². The summed E-state index contributed by atoms with van der Waals surface area (Å²) in [6, 6.07) is 26.7. The molecule has 0 radical (unpaired) electrons. The molecule has 4 aromatic carbocycles. The summed E-state index contributed by atoms with van der Waals surface area (Å²) in [6.45, 7) is 2.27. The van der Waals surface area contributed by atoms with Crippen molar-refractivity contribution in [2.75, 3.05) is 0 Å². The van der Waals surface area contributed by atoms with E-state index in [0.29, 0.717) is 0 Å². The number of hydrogen-bond acceptors (Lipinski definition) is 0. The maximum Gasteiger partial charge on any atom is -0.00517 e. The Labute approximate surface area is 154 Å². The molecule has 0 heterocycles. The van der Waals surface area contributed by atoms with Crippen LogP contribution < -0.4 is 0 Å². The highest BCUT2D eigenvalue weighted by Crippen LogP contribution is 2.40. The Balaban J connectivity index is 1.78. The van der Waals surface area contributed by atoms with Crippen LogP contribution in [0.3, 0.4) is 0 Å². The molecule has 0 nitrogen and oxygen atoms in total. The Hall–Kier alpha value is -2.86. The van der Waals surface area contributed by atoms with Gasteiger partial charge in [0.1, 0.15) is 0 Å². The molecular weight excluding hydrogens is 312 g/mol. The molecule has 0 unspecified atom stereocenters. The van der Waals surface area contributed by atoms with E-state index in [2.05, 4.69) is 85.8 Å². The Morgan fingerprint density at radius 3 is 2.35 bits per heavy atom. The van der Waals surface area contributed by atoms with Gasteiger partial charge in [0.15, 0.2) is 0 Å². The van der Waals surface area contributed by atoms with E-state index in [1.165, 1.54) is 56.6 Å². The first kappa shape index (κ1) is 15.4. The van der Waals surface area contributed by atoms with Gasteiger partial charge in [-0.25, -0.2) is 0 Å². The van der Waals surface area contributed by atoms with Crippen molar-refractivity contribution < 1.29 is 0 Å². The third-order valence-corrected chi connectivity index (χ3v) is 5.61. The summed E-state index contributed by atoms with van der Waals surface area (Å²) < 4.78 is 0. The Morgan fingerprint density at radius 2 is 1.50 bits per heavy atom. The molecule has 4 aromatic rings. The highest BCUT2D eigenvalue weighted by Gasteiger charge is 2.18. The van der Waals surface area contributed by atoms with Crippen molar-refractivity contribution in [2.24, 2.45) is 0 Å². The van der Waals surface area contributed by atoms with E-state index in [1.54, 1.807) is 5.57 Å². The summed E-state index contributed by atoms with van der Waals surface area (Å²) in [5.74, 6) is 0. The Morgan fingerprint density at radius 1 is 0.731 bits per heavy atom. The largest absolute Gasteiger partial charge is 0.0652 e. The summed E-state index contributed by atoms with van der Waals surface area (Å²) in [7, 11) is 0. The molecule has 0 N–H and O–H groups in total. The van der Waals surface area contributed by atoms with Crippen LogP contribution in [0.25, 0.3) is 38.7 Å². The molecule has 0 aliphatic heterocycles. The van der Waals surface area contributed by atoms with Gasteiger partial charge in [-0.1, -0.05) is 91.7 Å².